The molecule has 0 atom stereocenters. The van der Waals surface area contributed by atoms with Crippen LogP contribution in [-0.4, -0.2) is 0 Å². The zero-order chi connectivity index (χ0) is 21.1. The van der Waals surface area contributed by atoms with Gasteiger partial charge in [-0.2, -0.15) is 0 Å². The van der Waals surface area contributed by atoms with Gasteiger partial charge in [0.1, 0.15) is 0 Å². The van der Waals surface area contributed by atoms with Crippen LogP contribution in [0.15, 0.2) is 61.3 Å². The highest BCUT2D eigenvalue weighted by atomic mass is 14.0. The first-order valence-electron chi connectivity index (χ1n) is 12.7. The van der Waals surface area contributed by atoms with E-state index in [0.29, 0.717) is 0 Å². The first-order chi connectivity index (χ1) is 14.4. The summed E-state index contributed by atoms with van der Waals surface area (Å²) in [5, 5.41) is 0. The molecular formula is C29H50. The van der Waals surface area contributed by atoms with Gasteiger partial charge in [0.15, 0.2) is 0 Å². The zero-order valence-electron chi connectivity index (χ0n) is 19.6. The lowest BCUT2D eigenvalue weighted by Gasteiger charge is -2.03. The van der Waals surface area contributed by atoms with Gasteiger partial charge in [0, 0.05) is 0 Å². The minimum Gasteiger partial charge on any atom is -0.0991 e. The van der Waals surface area contributed by atoms with Crippen molar-refractivity contribution in [2.45, 2.75) is 122 Å². The molecule has 0 spiro atoms. The molecule has 0 aliphatic carbocycles. The lowest BCUT2D eigenvalue weighted by Crippen LogP contribution is -1.83. The molecule has 0 radical (unpaired) electrons. The van der Waals surface area contributed by atoms with Crippen LogP contribution < -0.4 is 0 Å². The highest BCUT2D eigenvalue weighted by molar-refractivity contribution is 5.17. The minimum absolute atomic E-state index is 1.21. The van der Waals surface area contributed by atoms with Crippen molar-refractivity contribution in [3.8, 4) is 0 Å². The van der Waals surface area contributed by atoms with E-state index in [4.69, 9.17) is 0 Å². The molecule has 0 aliphatic rings. The minimum atomic E-state index is 1.21. The summed E-state index contributed by atoms with van der Waals surface area (Å²) in [6, 6.07) is 0. The summed E-state index contributed by atoms with van der Waals surface area (Å²) < 4.78 is 0. The van der Waals surface area contributed by atoms with Crippen LogP contribution in [0.3, 0.4) is 0 Å². The standard InChI is InChI=1S/C29H50/c1-3-5-7-9-11-13-15-17-19-21-23-25-27-29-28-26-24-22-20-18-16-14-12-10-8-6-4-2/h3,5,7,9,11,13,15,17,19H,1,4,6,8,10,12,14,16,18,20-29H2,2H3/b7-5+,11-9+,15-13+,19-17+. The second kappa shape index (κ2) is 26.7. The third-order valence-corrected chi connectivity index (χ3v) is 5.41. The third kappa shape index (κ3) is 26.7. The van der Waals surface area contributed by atoms with Gasteiger partial charge in [-0.05, 0) is 12.8 Å². The molecule has 0 amide bonds. The largest absolute Gasteiger partial charge is 0.0991 e. The van der Waals surface area contributed by atoms with Gasteiger partial charge in [0.2, 0.25) is 0 Å². The Labute approximate surface area is 184 Å². The van der Waals surface area contributed by atoms with Gasteiger partial charge >= 0.3 is 0 Å². The topological polar surface area (TPSA) is 0 Å². The summed E-state index contributed by atoms with van der Waals surface area (Å²) >= 11 is 0. The van der Waals surface area contributed by atoms with Gasteiger partial charge in [-0.1, -0.05) is 171 Å². The van der Waals surface area contributed by atoms with Crippen molar-refractivity contribution in [3.63, 3.8) is 0 Å². The van der Waals surface area contributed by atoms with E-state index in [1.54, 1.807) is 6.08 Å². The van der Waals surface area contributed by atoms with E-state index in [1.807, 2.05) is 24.3 Å². The third-order valence-electron chi connectivity index (χ3n) is 5.41. The van der Waals surface area contributed by atoms with E-state index in [1.165, 1.54) is 116 Å². The number of rotatable bonds is 22. The maximum absolute atomic E-state index is 3.64. The first kappa shape index (κ1) is 27.7. The Morgan fingerprint density at radius 1 is 0.414 bits per heavy atom. The smallest absolute Gasteiger partial charge is 0.0348 e. The molecule has 0 rings (SSSR count). The SMILES string of the molecule is C=C/C=C/C=C/C=C/C=C/CCCCCCCCCCCCCCCCCCC. The zero-order valence-corrected chi connectivity index (χ0v) is 19.6. The molecule has 0 nitrogen and oxygen atoms in total. The summed E-state index contributed by atoms with van der Waals surface area (Å²) in [5.41, 5.74) is 0. The van der Waals surface area contributed by atoms with Crippen LogP contribution in [0, 0.1) is 0 Å². The summed E-state index contributed by atoms with van der Waals surface area (Å²) in [6.07, 6.45) is 44.1. The first-order valence-corrected chi connectivity index (χ1v) is 12.7. The fourth-order valence-corrected chi connectivity index (χ4v) is 3.56. The molecule has 0 fully saturated rings. The van der Waals surface area contributed by atoms with Crippen molar-refractivity contribution >= 4 is 0 Å². The molecule has 0 bridgehead atoms. The molecule has 0 heteroatoms. The Morgan fingerprint density at radius 3 is 1.17 bits per heavy atom. The quantitative estimate of drug-likeness (QED) is 0.126. The van der Waals surface area contributed by atoms with Crippen molar-refractivity contribution in [2.75, 3.05) is 0 Å². The molecule has 0 heterocycles. The maximum atomic E-state index is 3.64. The average Bonchev–Trinajstić information content (AvgIpc) is 2.74. The summed E-state index contributed by atoms with van der Waals surface area (Å²) in [6.45, 7) is 5.94. The van der Waals surface area contributed by atoms with Gasteiger partial charge in [-0.3, -0.25) is 0 Å². The van der Waals surface area contributed by atoms with Crippen LogP contribution >= 0.6 is 0 Å². The van der Waals surface area contributed by atoms with Crippen molar-refractivity contribution in [2.24, 2.45) is 0 Å². The predicted octanol–water partition coefficient (Wildman–Crippen LogP) is 10.4. The normalized spacial score (nSPS) is 12.3. The monoisotopic (exact) mass is 398 g/mol. The summed E-state index contributed by atoms with van der Waals surface area (Å²) in [4.78, 5) is 0. The molecule has 29 heavy (non-hydrogen) atoms. The Balaban J connectivity index is 3.17. The predicted molar refractivity (Wildman–Crippen MR) is 136 cm³/mol. The van der Waals surface area contributed by atoms with Crippen molar-refractivity contribution in [1.82, 2.24) is 0 Å². The summed E-state index contributed by atoms with van der Waals surface area (Å²) in [5.74, 6) is 0. The second-order valence-corrected chi connectivity index (χ2v) is 8.26. The number of allylic oxidation sites excluding steroid dienone is 9. The molecule has 0 saturated heterocycles. The van der Waals surface area contributed by atoms with E-state index >= 15 is 0 Å². The maximum Gasteiger partial charge on any atom is -0.0348 e. The highest BCUT2D eigenvalue weighted by Gasteiger charge is 1.94. The molecule has 0 aliphatic heterocycles. The van der Waals surface area contributed by atoms with Gasteiger partial charge < -0.3 is 0 Å². The number of unbranched alkanes of at least 4 members (excludes halogenated alkanes) is 17. The lowest BCUT2D eigenvalue weighted by atomic mass is 10.0. The van der Waals surface area contributed by atoms with Crippen molar-refractivity contribution < 1.29 is 0 Å². The molecule has 0 saturated carbocycles. The van der Waals surface area contributed by atoms with Gasteiger partial charge in [0.05, 0.1) is 0 Å². The fourth-order valence-electron chi connectivity index (χ4n) is 3.56. The van der Waals surface area contributed by atoms with Crippen LogP contribution in [0.1, 0.15) is 122 Å². The van der Waals surface area contributed by atoms with E-state index in [2.05, 4.69) is 37.8 Å². The van der Waals surface area contributed by atoms with Crippen molar-refractivity contribution in [3.05, 3.63) is 61.3 Å². The van der Waals surface area contributed by atoms with Crippen LogP contribution in [0.4, 0.5) is 0 Å². The van der Waals surface area contributed by atoms with Crippen LogP contribution in [0.25, 0.3) is 0 Å². The average molecular weight is 399 g/mol. The molecule has 0 aromatic carbocycles. The van der Waals surface area contributed by atoms with Crippen LogP contribution in [0.2, 0.25) is 0 Å². The second-order valence-electron chi connectivity index (χ2n) is 8.26. The fraction of sp³-hybridized carbons (Fsp3) is 0.655. The van der Waals surface area contributed by atoms with E-state index < -0.39 is 0 Å². The van der Waals surface area contributed by atoms with Gasteiger partial charge in [-0.15, -0.1) is 0 Å². The molecule has 0 unspecified atom stereocenters. The lowest BCUT2D eigenvalue weighted by molar-refractivity contribution is 0.527. The number of hydrogen-bond donors (Lipinski definition) is 0. The van der Waals surface area contributed by atoms with Crippen molar-refractivity contribution in [1.29, 1.82) is 0 Å². The van der Waals surface area contributed by atoms with Gasteiger partial charge in [0.25, 0.3) is 0 Å². The summed E-state index contributed by atoms with van der Waals surface area (Å²) in [7, 11) is 0. The molecule has 0 aromatic rings. The molecule has 166 valence electrons. The van der Waals surface area contributed by atoms with E-state index in [9.17, 15) is 0 Å². The molecule has 0 N–H and O–H groups in total. The molecule has 0 aromatic heterocycles. The van der Waals surface area contributed by atoms with Gasteiger partial charge in [-0.25, -0.2) is 0 Å². The Kier molecular flexibility index (Phi) is 25.5. The van der Waals surface area contributed by atoms with E-state index in [-0.39, 0.29) is 0 Å². The number of hydrogen-bond acceptors (Lipinski definition) is 0. The van der Waals surface area contributed by atoms with Crippen LogP contribution in [-0.2, 0) is 0 Å². The Bertz CT molecular complexity index is 421. The highest BCUT2D eigenvalue weighted by Crippen LogP contribution is 2.14. The molecular weight excluding hydrogens is 348 g/mol. The Morgan fingerprint density at radius 2 is 0.759 bits per heavy atom. The van der Waals surface area contributed by atoms with E-state index in [0.717, 1.165) is 0 Å². The Hall–Kier alpha value is -1.30. The van der Waals surface area contributed by atoms with Crippen LogP contribution in [0.5, 0.6) is 0 Å².